The van der Waals surface area contributed by atoms with Gasteiger partial charge < -0.3 is 23.8 Å². The van der Waals surface area contributed by atoms with E-state index in [1.54, 1.807) is 50.4 Å². The van der Waals surface area contributed by atoms with Gasteiger partial charge in [0.15, 0.2) is 0 Å². The minimum absolute atomic E-state index is 0.0490. The van der Waals surface area contributed by atoms with Crippen LogP contribution in [0.5, 0.6) is 11.5 Å². The number of ether oxygens (including phenoxy) is 4. The van der Waals surface area contributed by atoms with Crippen molar-refractivity contribution in [2.45, 2.75) is 20.8 Å². The van der Waals surface area contributed by atoms with Gasteiger partial charge in [0.05, 0.1) is 20.2 Å². The second-order valence-corrected chi connectivity index (χ2v) is 10.3. The van der Waals surface area contributed by atoms with Crippen molar-refractivity contribution in [1.82, 2.24) is 4.90 Å². The molecule has 3 aromatic carbocycles. The first-order valence-electron chi connectivity index (χ1n) is 14.1. The first-order valence-corrected chi connectivity index (χ1v) is 14.1. The van der Waals surface area contributed by atoms with E-state index in [1.807, 2.05) is 30.3 Å². The third kappa shape index (κ3) is 9.79. The molecular weight excluding hydrogens is 574 g/mol. The number of nitrogens with zero attached hydrogens (tertiary/aromatic N) is 1. The molecule has 3 rings (SSSR count). The Bertz CT molecular complexity index is 1570. The number of carbonyl (C=O) groups excluding carboxylic acids is 4. The predicted octanol–water partition coefficient (Wildman–Crippen LogP) is 6.19. The van der Waals surface area contributed by atoms with Gasteiger partial charge in [0, 0.05) is 22.3 Å². The van der Waals surface area contributed by atoms with E-state index >= 15 is 0 Å². The van der Waals surface area contributed by atoms with Crippen LogP contribution in [-0.2, 0) is 23.9 Å². The number of hydrogen-bond acceptors (Lipinski definition) is 8. The van der Waals surface area contributed by atoms with Gasteiger partial charge in [0.25, 0.3) is 5.91 Å². The maximum absolute atomic E-state index is 14.0. The van der Waals surface area contributed by atoms with Gasteiger partial charge in [-0.05, 0) is 85.5 Å². The molecule has 0 saturated heterocycles. The van der Waals surface area contributed by atoms with Gasteiger partial charge in [-0.25, -0.2) is 14.4 Å². The molecule has 0 N–H and O–H groups in total. The van der Waals surface area contributed by atoms with Crippen LogP contribution in [0.2, 0.25) is 0 Å². The summed E-state index contributed by atoms with van der Waals surface area (Å²) in [5, 5.41) is 0. The monoisotopic (exact) mass is 611 g/mol. The summed E-state index contributed by atoms with van der Waals surface area (Å²) in [5.41, 5.74) is 4.21. The lowest BCUT2D eigenvalue weighted by molar-refractivity contribution is -0.139. The van der Waals surface area contributed by atoms with Crippen LogP contribution in [0.3, 0.4) is 0 Å². The standard InChI is InChI=1S/C36H37NO8/c1-23(2)34(39)43-18-16-37(17-19-44-35(40)24(3)4)33(38)30-21-28(26-8-12-31(42-7)13-9-26)20-29(22-30)27-10-14-32(15-11-27)45-36(41)25(5)6/h8-15,20-22H,1,3,5,16-19H2,2,4,6-7H3. The highest BCUT2D eigenvalue weighted by atomic mass is 16.5. The van der Waals surface area contributed by atoms with Crippen LogP contribution in [0.15, 0.2) is 103 Å². The van der Waals surface area contributed by atoms with E-state index < -0.39 is 17.9 Å². The lowest BCUT2D eigenvalue weighted by Gasteiger charge is -2.23. The van der Waals surface area contributed by atoms with E-state index in [1.165, 1.54) is 18.7 Å². The smallest absolute Gasteiger partial charge is 0.338 e. The summed E-state index contributed by atoms with van der Waals surface area (Å²) in [6.07, 6.45) is 0. The van der Waals surface area contributed by atoms with Gasteiger partial charge in [-0.1, -0.05) is 44.0 Å². The lowest BCUT2D eigenvalue weighted by Crippen LogP contribution is -2.37. The molecule has 0 unspecified atom stereocenters. The van der Waals surface area contributed by atoms with Gasteiger partial charge in [0.1, 0.15) is 24.7 Å². The normalized spacial score (nSPS) is 10.3. The van der Waals surface area contributed by atoms with Gasteiger partial charge >= 0.3 is 17.9 Å². The molecule has 0 bridgehead atoms. The number of amides is 1. The number of benzene rings is 3. The number of esters is 3. The van der Waals surface area contributed by atoms with Crippen molar-refractivity contribution < 1.29 is 38.1 Å². The summed E-state index contributed by atoms with van der Waals surface area (Å²) >= 11 is 0. The number of methoxy groups -OCH3 is 1. The Morgan fingerprint density at radius 3 is 1.42 bits per heavy atom. The van der Waals surface area contributed by atoms with Crippen molar-refractivity contribution in [3.05, 3.63) is 109 Å². The summed E-state index contributed by atoms with van der Waals surface area (Å²) in [6.45, 7) is 15.3. The SMILES string of the molecule is C=C(C)C(=O)OCCN(CCOC(=O)C(=C)C)C(=O)c1cc(-c2ccc(OC)cc2)cc(-c2ccc(OC(=O)C(=C)C)cc2)c1. The molecule has 0 aliphatic carbocycles. The third-order valence-corrected chi connectivity index (χ3v) is 6.52. The second kappa shape index (κ2) is 15.9. The Labute approximate surface area is 263 Å². The van der Waals surface area contributed by atoms with Crippen LogP contribution in [0, 0.1) is 0 Å². The molecule has 3 aromatic rings. The molecule has 0 atom stereocenters. The zero-order valence-corrected chi connectivity index (χ0v) is 26.0. The molecule has 0 aromatic heterocycles. The second-order valence-electron chi connectivity index (χ2n) is 10.3. The maximum atomic E-state index is 14.0. The number of carbonyl (C=O) groups is 4. The molecule has 45 heavy (non-hydrogen) atoms. The Hall–Kier alpha value is -5.44. The number of rotatable bonds is 14. The summed E-state index contributed by atoms with van der Waals surface area (Å²) in [7, 11) is 1.58. The Kier molecular flexibility index (Phi) is 12.0. The van der Waals surface area contributed by atoms with Crippen molar-refractivity contribution in [1.29, 1.82) is 0 Å². The molecule has 0 spiro atoms. The predicted molar refractivity (Wildman–Crippen MR) is 172 cm³/mol. The van der Waals surface area contributed by atoms with E-state index in [0.29, 0.717) is 17.1 Å². The Morgan fingerprint density at radius 2 is 1.02 bits per heavy atom. The van der Waals surface area contributed by atoms with Crippen LogP contribution in [-0.4, -0.2) is 62.1 Å². The van der Waals surface area contributed by atoms with Crippen molar-refractivity contribution in [2.75, 3.05) is 33.4 Å². The Balaban J connectivity index is 2.00. The third-order valence-electron chi connectivity index (χ3n) is 6.52. The lowest BCUT2D eigenvalue weighted by atomic mass is 9.95. The summed E-state index contributed by atoms with van der Waals surface area (Å²) in [5.74, 6) is -0.994. The van der Waals surface area contributed by atoms with Crippen molar-refractivity contribution in [3.8, 4) is 33.8 Å². The van der Waals surface area contributed by atoms with Crippen LogP contribution in [0.4, 0.5) is 0 Å². The van der Waals surface area contributed by atoms with Crippen LogP contribution >= 0.6 is 0 Å². The summed E-state index contributed by atoms with van der Waals surface area (Å²) in [6, 6.07) is 19.8. The fourth-order valence-corrected chi connectivity index (χ4v) is 4.02. The molecule has 9 nitrogen and oxygen atoms in total. The van der Waals surface area contributed by atoms with Gasteiger partial charge in [-0.3, -0.25) is 4.79 Å². The van der Waals surface area contributed by atoms with Crippen molar-refractivity contribution >= 4 is 23.8 Å². The molecule has 0 saturated carbocycles. The first kappa shape index (κ1) is 34.1. The highest BCUT2D eigenvalue weighted by Gasteiger charge is 2.20. The van der Waals surface area contributed by atoms with E-state index in [4.69, 9.17) is 18.9 Å². The van der Waals surface area contributed by atoms with Gasteiger partial charge in [0.2, 0.25) is 0 Å². The molecule has 234 valence electrons. The molecule has 0 radical (unpaired) electrons. The zero-order valence-electron chi connectivity index (χ0n) is 26.0. The maximum Gasteiger partial charge on any atom is 0.338 e. The molecule has 0 heterocycles. The molecule has 9 heteroatoms. The molecule has 0 aliphatic rings. The minimum Gasteiger partial charge on any atom is -0.497 e. The van der Waals surface area contributed by atoms with Gasteiger partial charge in [-0.15, -0.1) is 0 Å². The molecule has 0 fully saturated rings. The summed E-state index contributed by atoms with van der Waals surface area (Å²) < 4.78 is 21.1. The Morgan fingerprint density at radius 1 is 0.600 bits per heavy atom. The van der Waals surface area contributed by atoms with E-state index in [9.17, 15) is 19.2 Å². The van der Waals surface area contributed by atoms with Crippen molar-refractivity contribution in [2.24, 2.45) is 0 Å². The fourth-order valence-electron chi connectivity index (χ4n) is 4.02. The van der Waals surface area contributed by atoms with E-state index in [0.717, 1.165) is 22.3 Å². The minimum atomic E-state index is -0.572. The van der Waals surface area contributed by atoms with Gasteiger partial charge in [-0.2, -0.15) is 0 Å². The summed E-state index contributed by atoms with van der Waals surface area (Å²) in [4.78, 5) is 51.3. The topological polar surface area (TPSA) is 108 Å². The number of hydrogen-bond donors (Lipinski definition) is 0. The average Bonchev–Trinajstić information content (AvgIpc) is 3.03. The van der Waals surface area contributed by atoms with Crippen molar-refractivity contribution in [3.63, 3.8) is 0 Å². The largest absolute Gasteiger partial charge is 0.497 e. The highest BCUT2D eigenvalue weighted by molar-refractivity contribution is 5.97. The molecule has 0 aliphatic heterocycles. The quantitative estimate of drug-likeness (QED) is 0.121. The average molecular weight is 612 g/mol. The van der Waals surface area contributed by atoms with Crippen LogP contribution < -0.4 is 9.47 Å². The van der Waals surface area contributed by atoms with E-state index in [2.05, 4.69) is 19.7 Å². The first-order chi connectivity index (χ1) is 21.4. The zero-order chi connectivity index (χ0) is 33.1. The van der Waals surface area contributed by atoms with Crippen LogP contribution in [0.1, 0.15) is 31.1 Å². The fraction of sp³-hybridized carbons (Fsp3) is 0.222. The van der Waals surface area contributed by atoms with Crippen LogP contribution in [0.25, 0.3) is 22.3 Å². The van der Waals surface area contributed by atoms with E-state index in [-0.39, 0.29) is 48.9 Å². The molecular formula is C36H37NO8. The highest BCUT2D eigenvalue weighted by Crippen LogP contribution is 2.31. The molecule has 1 amide bonds.